The van der Waals surface area contributed by atoms with Crippen molar-refractivity contribution in [2.75, 3.05) is 32.2 Å². The highest BCUT2D eigenvalue weighted by atomic mass is 32.1. The molecule has 1 amide bonds. The number of methoxy groups -OCH3 is 1. The normalized spacial score (nSPS) is 16.9. The van der Waals surface area contributed by atoms with E-state index >= 15 is 0 Å². The fourth-order valence-corrected chi connectivity index (χ4v) is 4.58. The first-order chi connectivity index (χ1) is 16.9. The van der Waals surface area contributed by atoms with Crippen LogP contribution in [0.25, 0.3) is 0 Å². The summed E-state index contributed by atoms with van der Waals surface area (Å²) in [6, 6.07) is 10.0. The molecule has 10 heteroatoms. The number of anilines is 1. The standard InChI is InChI=1S/C25H27N3O6S/c1-25(15-22(29)28-24-26-9-12-35-24)19-14-21(34-18-5-3-16(4-6-18)23(30)31)20(33-11-10-32-2)13-17(19)7-8-27-25/h3-6,9,12-14,27H,7-8,10-11,15H2,1-2H3,(H,30,31)(H,26,28,29). The second kappa shape index (κ2) is 10.9. The Bertz CT molecular complexity index is 1180. The molecule has 1 atom stereocenters. The third-order valence-corrected chi connectivity index (χ3v) is 6.43. The van der Waals surface area contributed by atoms with Gasteiger partial charge in [0.25, 0.3) is 0 Å². The van der Waals surface area contributed by atoms with Gasteiger partial charge in [-0.05, 0) is 60.9 Å². The molecule has 2 aromatic carbocycles. The molecular formula is C25H27N3O6S. The molecule has 3 aromatic rings. The molecule has 0 aliphatic carbocycles. The molecule has 0 fully saturated rings. The van der Waals surface area contributed by atoms with E-state index < -0.39 is 11.5 Å². The predicted molar refractivity (Wildman–Crippen MR) is 132 cm³/mol. The van der Waals surface area contributed by atoms with E-state index in [-0.39, 0.29) is 17.9 Å². The van der Waals surface area contributed by atoms with Crippen molar-refractivity contribution in [3.8, 4) is 17.2 Å². The van der Waals surface area contributed by atoms with Crippen LogP contribution < -0.4 is 20.1 Å². The first-order valence-corrected chi connectivity index (χ1v) is 12.0. The monoisotopic (exact) mass is 497 g/mol. The van der Waals surface area contributed by atoms with E-state index in [1.54, 1.807) is 25.4 Å². The van der Waals surface area contributed by atoms with Crippen molar-refractivity contribution in [1.82, 2.24) is 10.3 Å². The van der Waals surface area contributed by atoms with Gasteiger partial charge in [0.2, 0.25) is 5.91 Å². The first kappa shape index (κ1) is 24.6. The van der Waals surface area contributed by atoms with E-state index in [2.05, 4.69) is 15.6 Å². The van der Waals surface area contributed by atoms with Crippen molar-refractivity contribution < 1.29 is 28.9 Å². The lowest BCUT2D eigenvalue weighted by Crippen LogP contribution is -2.47. The molecule has 2 heterocycles. The number of benzene rings is 2. The number of carboxylic acids is 1. The third kappa shape index (κ3) is 5.97. The summed E-state index contributed by atoms with van der Waals surface area (Å²) in [4.78, 5) is 28.1. The Morgan fingerprint density at radius 1 is 1.20 bits per heavy atom. The number of amides is 1. The molecule has 0 saturated carbocycles. The Morgan fingerprint density at radius 3 is 2.69 bits per heavy atom. The Labute approximate surface area is 207 Å². The minimum atomic E-state index is -1.01. The van der Waals surface area contributed by atoms with Crippen LogP contribution in [-0.2, 0) is 21.5 Å². The molecule has 0 saturated heterocycles. The lowest BCUT2D eigenvalue weighted by Gasteiger charge is -2.37. The quantitative estimate of drug-likeness (QED) is 0.359. The molecule has 1 aliphatic heterocycles. The molecule has 4 rings (SSSR count). The summed E-state index contributed by atoms with van der Waals surface area (Å²) in [5.41, 5.74) is 1.54. The minimum Gasteiger partial charge on any atom is -0.487 e. The zero-order chi connectivity index (χ0) is 24.8. The number of nitrogens with zero attached hydrogens (tertiary/aromatic N) is 1. The molecule has 0 bridgehead atoms. The van der Waals surface area contributed by atoms with Crippen molar-refractivity contribution in [2.24, 2.45) is 0 Å². The second-order valence-corrected chi connectivity index (χ2v) is 9.19. The molecule has 1 aromatic heterocycles. The summed E-state index contributed by atoms with van der Waals surface area (Å²) in [7, 11) is 1.60. The van der Waals surface area contributed by atoms with E-state index in [1.165, 1.54) is 23.5 Å². The van der Waals surface area contributed by atoms with E-state index in [0.29, 0.717) is 42.1 Å². The van der Waals surface area contributed by atoms with Crippen LogP contribution in [0.4, 0.5) is 5.13 Å². The van der Waals surface area contributed by atoms with Gasteiger partial charge >= 0.3 is 5.97 Å². The highest BCUT2D eigenvalue weighted by Crippen LogP contribution is 2.41. The summed E-state index contributed by atoms with van der Waals surface area (Å²) in [5, 5.41) is 17.9. The van der Waals surface area contributed by atoms with Crippen LogP contribution in [0.15, 0.2) is 48.0 Å². The van der Waals surface area contributed by atoms with Crippen LogP contribution in [0.5, 0.6) is 17.2 Å². The van der Waals surface area contributed by atoms with Gasteiger partial charge in [-0.1, -0.05) is 0 Å². The van der Waals surface area contributed by atoms with Crippen molar-refractivity contribution in [3.63, 3.8) is 0 Å². The first-order valence-electron chi connectivity index (χ1n) is 11.1. The number of nitrogens with one attached hydrogen (secondary N) is 2. The lowest BCUT2D eigenvalue weighted by atomic mass is 9.81. The van der Waals surface area contributed by atoms with Gasteiger partial charge in [0.05, 0.1) is 12.2 Å². The minimum absolute atomic E-state index is 0.144. The fraction of sp³-hybridized carbons (Fsp3) is 0.320. The Balaban J connectivity index is 1.64. The van der Waals surface area contributed by atoms with E-state index in [9.17, 15) is 9.59 Å². The predicted octanol–water partition coefficient (Wildman–Crippen LogP) is 4.05. The van der Waals surface area contributed by atoms with E-state index in [1.807, 2.05) is 24.4 Å². The largest absolute Gasteiger partial charge is 0.487 e. The van der Waals surface area contributed by atoms with E-state index in [4.69, 9.17) is 19.3 Å². The Kier molecular flexibility index (Phi) is 7.64. The maximum absolute atomic E-state index is 12.8. The number of thiazole rings is 1. The van der Waals surface area contributed by atoms with Crippen molar-refractivity contribution in [3.05, 3.63) is 64.7 Å². The molecule has 184 valence electrons. The number of hydrogen-bond donors (Lipinski definition) is 3. The van der Waals surface area contributed by atoms with Crippen LogP contribution in [0.3, 0.4) is 0 Å². The van der Waals surface area contributed by atoms with Crippen LogP contribution in [0, 0.1) is 0 Å². The molecule has 0 spiro atoms. The summed E-state index contributed by atoms with van der Waals surface area (Å²) in [5.74, 6) is 0.345. The molecule has 1 unspecified atom stereocenters. The molecule has 1 aliphatic rings. The number of ether oxygens (including phenoxy) is 3. The van der Waals surface area contributed by atoms with Gasteiger partial charge in [-0.2, -0.15) is 0 Å². The maximum atomic E-state index is 12.8. The topological polar surface area (TPSA) is 119 Å². The number of aromatic carboxylic acids is 1. The summed E-state index contributed by atoms with van der Waals surface area (Å²) < 4.78 is 17.2. The van der Waals surface area contributed by atoms with Crippen molar-refractivity contribution in [1.29, 1.82) is 0 Å². The number of carbonyl (C=O) groups is 2. The molecule has 35 heavy (non-hydrogen) atoms. The molecule has 9 nitrogen and oxygen atoms in total. The second-order valence-electron chi connectivity index (χ2n) is 8.30. The number of carboxylic acid groups (broad SMARTS) is 1. The number of rotatable bonds is 10. The maximum Gasteiger partial charge on any atom is 0.335 e. The molecule has 0 radical (unpaired) electrons. The van der Waals surface area contributed by atoms with Crippen LogP contribution in [-0.4, -0.2) is 48.8 Å². The van der Waals surface area contributed by atoms with Gasteiger partial charge in [-0.25, -0.2) is 9.78 Å². The van der Waals surface area contributed by atoms with Gasteiger partial charge in [0.15, 0.2) is 16.6 Å². The Morgan fingerprint density at radius 2 is 2.00 bits per heavy atom. The smallest absolute Gasteiger partial charge is 0.335 e. The number of hydrogen-bond acceptors (Lipinski definition) is 8. The van der Waals surface area contributed by atoms with Gasteiger partial charge < -0.3 is 30.0 Å². The van der Waals surface area contributed by atoms with Crippen LogP contribution >= 0.6 is 11.3 Å². The molecular weight excluding hydrogens is 470 g/mol. The Hall–Kier alpha value is -3.47. The number of carbonyl (C=O) groups excluding carboxylic acids is 1. The highest BCUT2D eigenvalue weighted by molar-refractivity contribution is 7.13. The third-order valence-electron chi connectivity index (χ3n) is 5.74. The van der Waals surface area contributed by atoms with E-state index in [0.717, 1.165) is 17.5 Å². The van der Waals surface area contributed by atoms with Crippen LogP contribution in [0.1, 0.15) is 34.8 Å². The zero-order valence-corrected chi connectivity index (χ0v) is 20.3. The summed E-state index contributed by atoms with van der Waals surface area (Å²) in [6.45, 7) is 3.46. The average molecular weight is 498 g/mol. The fourth-order valence-electron chi connectivity index (χ4n) is 4.04. The SMILES string of the molecule is COCCOc1cc2c(cc1Oc1ccc(C(=O)O)cc1)C(C)(CC(=O)Nc1nccs1)NCC2. The summed E-state index contributed by atoms with van der Waals surface area (Å²) in [6.07, 6.45) is 2.62. The van der Waals surface area contributed by atoms with Crippen molar-refractivity contribution in [2.45, 2.75) is 25.3 Å². The average Bonchev–Trinajstić information content (AvgIpc) is 3.33. The lowest BCUT2D eigenvalue weighted by molar-refractivity contribution is -0.117. The molecule has 3 N–H and O–H groups in total. The van der Waals surface area contributed by atoms with Gasteiger partial charge in [-0.15, -0.1) is 11.3 Å². The van der Waals surface area contributed by atoms with Gasteiger partial charge in [0, 0.05) is 37.2 Å². The van der Waals surface area contributed by atoms with Crippen LogP contribution in [0.2, 0.25) is 0 Å². The van der Waals surface area contributed by atoms with Crippen molar-refractivity contribution >= 4 is 28.3 Å². The van der Waals surface area contributed by atoms with Gasteiger partial charge in [0.1, 0.15) is 12.4 Å². The highest BCUT2D eigenvalue weighted by Gasteiger charge is 2.35. The van der Waals surface area contributed by atoms with Gasteiger partial charge in [-0.3, -0.25) is 4.79 Å². The number of aromatic nitrogens is 1. The number of fused-ring (bicyclic) bond motifs is 1. The summed E-state index contributed by atoms with van der Waals surface area (Å²) >= 11 is 1.37. The zero-order valence-electron chi connectivity index (χ0n) is 19.5.